The van der Waals surface area contributed by atoms with Crippen molar-refractivity contribution in [2.24, 2.45) is 0 Å². The van der Waals surface area contributed by atoms with Gasteiger partial charge in [-0.3, -0.25) is 0 Å². The van der Waals surface area contributed by atoms with Gasteiger partial charge in [-0.15, -0.1) is 0 Å². The molecule has 0 aliphatic heterocycles. The van der Waals surface area contributed by atoms with Crippen molar-refractivity contribution in [1.82, 2.24) is 4.98 Å². The van der Waals surface area contributed by atoms with Crippen molar-refractivity contribution in [3.05, 3.63) is 102 Å². The first-order chi connectivity index (χ1) is 15.9. The van der Waals surface area contributed by atoms with E-state index in [0.717, 1.165) is 28.7 Å². The number of benzene rings is 3. The van der Waals surface area contributed by atoms with Crippen molar-refractivity contribution in [2.75, 3.05) is 5.32 Å². The van der Waals surface area contributed by atoms with Crippen LogP contribution in [0.2, 0.25) is 0 Å². The Bertz CT molecular complexity index is 1300. The molecule has 0 bridgehead atoms. The zero-order valence-electron chi connectivity index (χ0n) is 17.3. The Balaban J connectivity index is 1.52. The molecule has 8 heteroatoms. The van der Waals surface area contributed by atoms with Gasteiger partial charge in [0.1, 0.15) is 24.0 Å². The Morgan fingerprint density at radius 2 is 1.82 bits per heavy atom. The summed E-state index contributed by atoms with van der Waals surface area (Å²) >= 11 is 0. The number of carbonyl (C=O) groups is 1. The smallest absolute Gasteiger partial charge is 0.335 e. The molecular weight excluding hydrogens is 430 g/mol. The maximum absolute atomic E-state index is 14.3. The first kappa shape index (κ1) is 22.2. The normalized spacial score (nSPS) is 12.8. The van der Waals surface area contributed by atoms with Crippen LogP contribution in [-0.4, -0.2) is 27.3 Å². The van der Waals surface area contributed by atoms with E-state index in [1.54, 1.807) is 24.3 Å². The number of para-hydroxylation sites is 1. The van der Waals surface area contributed by atoms with E-state index < -0.39 is 29.7 Å². The van der Waals surface area contributed by atoms with Crippen molar-refractivity contribution in [3.63, 3.8) is 0 Å². The van der Waals surface area contributed by atoms with Gasteiger partial charge in [0.15, 0.2) is 6.10 Å². The largest absolute Gasteiger partial charge is 0.487 e. The number of halogens is 2. The highest BCUT2D eigenvalue weighted by molar-refractivity contribution is 5.78. The lowest BCUT2D eigenvalue weighted by molar-refractivity contribution is -0.147. The second-order valence-electron chi connectivity index (χ2n) is 7.38. The van der Waals surface area contributed by atoms with E-state index >= 15 is 0 Å². The van der Waals surface area contributed by atoms with E-state index in [1.807, 2.05) is 36.4 Å². The number of carboxylic acids is 1. The highest BCUT2D eigenvalue weighted by Crippen LogP contribution is 2.28. The fourth-order valence-electron chi connectivity index (χ4n) is 3.42. The molecular formula is C25H20F2N2O4. The highest BCUT2D eigenvalue weighted by atomic mass is 19.1. The summed E-state index contributed by atoms with van der Waals surface area (Å²) < 4.78 is 33.4. The van der Waals surface area contributed by atoms with E-state index in [4.69, 9.17) is 4.74 Å². The number of fused-ring (bicyclic) bond motifs is 1. The number of nitrogens with zero attached hydrogens (tertiary/aromatic N) is 1. The number of rotatable bonds is 8. The van der Waals surface area contributed by atoms with Crippen molar-refractivity contribution in [3.8, 4) is 5.75 Å². The molecule has 0 aliphatic rings. The molecule has 4 rings (SSSR count). The van der Waals surface area contributed by atoms with Gasteiger partial charge in [0.2, 0.25) is 0 Å². The maximum atomic E-state index is 14.3. The van der Waals surface area contributed by atoms with Gasteiger partial charge in [-0.1, -0.05) is 36.4 Å². The molecule has 3 aromatic carbocycles. The molecule has 168 valence electrons. The second kappa shape index (κ2) is 9.62. The Kier molecular flexibility index (Phi) is 6.46. The van der Waals surface area contributed by atoms with E-state index in [-0.39, 0.29) is 12.2 Å². The number of ether oxygens (including phenoxy) is 1. The highest BCUT2D eigenvalue weighted by Gasteiger charge is 2.29. The third-order valence-corrected chi connectivity index (χ3v) is 5.07. The Morgan fingerprint density at radius 3 is 2.61 bits per heavy atom. The molecule has 4 aromatic rings. The lowest BCUT2D eigenvalue weighted by Crippen LogP contribution is -2.33. The first-order valence-corrected chi connectivity index (χ1v) is 10.1. The minimum atomic E-state index is -1.98. The summed E-state index contributed by atoms with van der Waals surface area (Å²) in [6.07, 6.45) is -1.98. The Labute approximate surface area is 188 Å². The molecule has 2 atom stereocenters. The molecule has 0 fully saturated rings. The molecule has 1 aromatic heterocycles. The summed E-state index contributed by atoms with van der Waals surface area (Å²) in [5, 5.41) is 23.2. The molecule has 1 unspecified atom stereocenters. The van der Waals surface area contributed by atoms with Gasteiger partial charge >= 0.3 is 5.97 Å². The van der Waals surface area contributed by atoms with Crippen LogP contribution in [0.25, 0.3) is 10.9 Å². The molecule has 6 nitrogen and oxygen atoms in total. The summed E-state index contributed by atoms with van der Waals surface area (Å²) in [6.45, 7) is 0.196. The number of carboxylic acid groups (broad SMARTS) is 1. The summed E-state index contributed by atoms with van der Waals surface area (Å²) in [5.41, 5.74) is 1.77. The van der Waals surface area contributed by atoms with Crippen molar-refractivity contribution in [1.29, 1.82) is 0 Å². The fraction of sp³-hybridized carbons (Fsp3) is 0.120. The van der Waals surface area contributed by atoms with Crippen LogP contribution in [0, 0.1) is 11.6 Å². The molecule has 0 radical (unpaired) electrons. The van der Waals surface area contributed by atoms with Gasteiger partial charge in [-0.25, -0.2) is 18.6 Å². The van der Waals surface area contributed by atoms with Gasteiger partial charge in [-0.2, -0.15) is 0 Å². The van der Waals surface area contributed by atoms with Crippen LogP contribution in [0.1, 0.15) is 17.3 Å². The molecule has 0 spiro atoms. The third kappa shape index (κ3) is 5.24. The van der Waals surface area contributed by atoms with Gasteiger partial charge in [-0.05, 0) is 30.3 Å². The van der Waals surface area contributed by atoms with Crippen molar-refractivity contribution < 1.29 is 28.5 Å². The van der Waals surface area contributed by atoms with Gasteiger partial charge < -0.3 is 20.3 Å². The lowest BCUT2D eigenvalue weighted by atomic mass is 10.00. The zero-order valence-corrected chi connectivity index (χ0v) is 17.3. The zero-order chi connectivity index (χ0) is 23.4. The standard InChI is InChI=1S/C25H20F2N2O4/c26-16-9-11-20(21(27)12-16)23(24(30)25(31)32)29-17-5-3-6-19(13-17)33-14-18-10-8-15-4-1-2-7-22(15)28-18/h1-13,23-24,29-30H,14H2,(H,31,32)/t23?,24-/m1/s1. The van der Waals surface area contributed by atoms with Crippen LogP contribution in [-0.2, 0) is 11.4 Å². The molecule has 1 heterocycles. The summed E-state index contributed by atoms with van der Waals surface area (Å²) in [6, 6.07) is 19.5. The SMILES string of the molecule is O=C(O)[C@H](O)C(Nc1cccc(OCc2ccc3ccccc3n2)c1)c1ccc(F)cc1F. The van der Waals surface area contributed by atoms with Crippen LogP contribution in [0.3, 0.4) is 0 Å². The van der Waals surface area contributed by atoms with Crippen LogP contribution in [0.4, 0.5) is 14.5 Å². The third-order valence-electron chi connectivity index (χ3n) is 5.07. The number of aliphatic hydroxyl groups excluding tert-OH is 1. The molecule has 33 heavy (non-hydrogen) atoms. The number of nitrogens with one attached hydrogen (secondary N) is 1. The number of hydrogen-bond donors (Lipinski definition) is 3. The predicted octanol–water partition coefficient (Wildman–Crippen LogP) is 4.69. The Morgan fingerprint density at radius 1 is 1.00 bits per heavy atom. The average molecular weight is 450 g/mol. The number of aromatic nitrogens is 1. The molecule has 0 amide bonds. The van der Waals surface area contributed by atoms with E-state index in [2.05, 4.69) is 10.3 Å². The monoisotopic (exact) mass is 450 g/mol. The van der Waals surface area contributed by atoms with Gasteiger partial charge in [0.05, 0.1) is 17.3 Å². The van der Waals surface area contributed by atoms with Crippen LogP contribution < -0.4 is 10.1 Å². The van der Waals surface area contributed by atoms with Crippen molar-refractivity contribution in [2.45, 2.75) is 18.8 Å². The number of aliphatic carboxylic acids is 1. The lowest BCUT2D eigenvalue weighted by Gasteiger charge is -2.24. The summed E-state index contributed by atoms with van der Waals surface area (Å²) in [5.74, 6) is -2.87. The first-order valence-electron chi connectivity index (χ1n) is 10.1. The topological polar surface area (TPSA) is 91.7 Å². The molecule has 0 aliphatic carbocycles. The minimum absolute atomic E-state index is 0.182. The van der Waals surface area contributed by atoms with Crippen molar-refractivity contribution >= 4 is 22.6 Å². The van der Waals surface area contributed by atoms with Crippen LogP contribution in [0.15, 0.2) is 78.9 Å². The second-order valence-corrected chi connectivity index (χ2v) is 7.38. The van der Waals surface area contributed by atoms with E-state index in [1.165, 1.54) is 0 Å². The van der Waals surface area contributed by atoms with Crippen LogP contribution in [0.5, 0.6) is 5.75 Å². The van der Waals surface area contributed by atoms with Gasteiger partial charge in [0.25, 0.3) is 0 Å². The summed E-state index contributed by atoms with van der Waals surface area (Å²) in [4.78, 5) is 15.9. The Hall–Kier alpha value is -4.04. The average Bonchev–Trinajstić information content (AvgIpc) is 2.81. The molecule has 3 N–H and O–H groups in total. The van der Waals surface area contributed by atoms with Crippen LogP contribution >= 0.6 is 0 Å². The summed E-state index contributed by atoms with van der Waals surface area (Å²) in [7, 11) is 0. The molecule has 0 saturated carbocycles. The van der Waals surface area contributed by atoms with E-state index in [9.17, 15) is 23.8 Å². The quantitative estimate of drug-likeness (QED) is 0.361. The van der Waals surface area contributed by atoms with Gasteiger partial charge in [0, 0.05) is 28.8 Å². The predicted molar refractivity (Wildman–Crippen MR) is 119 cm³/mol. The van der Waals surface area contributed by atoms with E-state index in [0.29, 0.717) is 17.5 Å². The minimum Gasteiger partial charge on any atom is -0.487 e. The maximum Gasteiger partial charge on any atom is 0.335 e. The fourth-order valence-corrected chi connectivity index (χ4v) is 3.42. The number of hydrogen-bond acceptors (Lipinski definition) is 5. The number of aliphatic hydroxyl groups is 1. The number of anilines is 1. The molecule has 0 saturated heterocycles. The number of pyridine rings is 1.